The molecule has 2 fully saturated rings. The van der Waals surface area contributed by atoms with Gasteiger partial charge in [-0.15, -0.1) is 0 Å². The lowest BCUT2D eigenvalue weighted by atomic mass is 10.00. The Kier molecular flexibility index (Phi) is 5.12. The quantitative estimate of drug-likeness (QED) is 0.812. The topological polar surface area (TPSA) is 54.9 Å². The highest BCUT2D eigenvalue weighted by Crippen LogP contribution is 2.25. The highest BCUT2D eigenvalue weighted by molar-refractivity contribution is 5.98. The Morgan fingerprint density at radius 3 is 2.93 bits per heavy atom. The molecule has 2 saturated heterocycles. The molecule has 1 unspecified atom stereocenters. The summed E-state index contributed by atoms with van der Waals surface area (Å²) in [5.74, 6) is 0.0452. The maximum Gasteiger partial charge on any atom is 0.254 e. The van der Waals surface area contributed by atoms with Crippen molar-refractivity contribution in [3.63, 3.8) is 0 Å². The van der Waals surface area contributed by atoms with Crippen molar-refractivity contribution in [2.45, 2.75) is 25.5 Å². The second kappa shape index (κ2) is 7.54. The lowest BCUT2D eigenvalue weighted by molar-refractivity contribution is -0.134. The van der Waals surface area contributed by atoms with Crippen LogP contribution in [-0.4, -0.2) is 78.3 Å². The van der Waals surface area contributed by atoms with Gasteiger partial charge in [-0.2, -0.15) is 0 Å². The summed E-state index contributed by atoms with van der Waals surface area (Å²) >= 11 is 0. The lowest BCUT2D eigenvalue weighted by Crippen LogP contribution is -2.60. The van der Waals surface area contributed by atoms with Crippen molar-refractivity contribution >= 4 is 16.8 Å². The van der Waals surface area contributed by atoms with E-state index < -0.39 is 5.60 Å². The number of amides is 1. The second-order valence-electron chi connectivity index (χ2n) is 7.79. The average molecular weight is 369 g/mol. The van der Waals surface area contributed by atoms with E-state index in [1.54, 1.807) is 6.20 Å². The van der Waals surface area contributed by atoms with Gasteiger partial charge in [0.1, 0.15) is 5.60 Å². The van der Waals surface area contributed by atoms with E-state index in [1.165, 1.54) is 0 Å². The molecule has 0 saturated carbocycles. The number of ether oxygens (including phenoxy) is 2. The van der Waals surface area contributed by atoms with Crippen molar-refractivity contribution in [2.24, 2.45) is 0 Å². The van der Waals surface area contributed by atoms with Crippen LogP contribution in [0.5, 0.6) is 0 Å². The van der Waals surface area contributed by atoms with Crippen molar-refractivity contribution in [1.29, 1.82) is 0 Å². The number of hydrogen-bond acceptors (Lipinski definition) is 5. The molecule has 2 aliphatic heterocycles. The molecule has 6 heteroatoms. The molecule has 1 amide bonds. The summed E-state index contributed by atoms with van der Waals surface area (Å²) in [4.78, 5) is 21.8. The lowest BCUT2D eigenvalue weighted by Gasteiger charge is -2.44. The van der Waals surface area contributed by atoms with Gasteiger partial charge in [-0.3, -0.25) is 14.7 Å². The van der Waals surface area contributed by atoms with E-state index in [2.05, 4.69) is 23.7 Å². The van der Waals surface area contributed by atoms with Gasteiger partial charge in [0.2, 0.25) is 0 Å². The third kappa shape index (κ3) is 3.83. The van der Waals surface area contributed by atoms with Crippen LogP contribution in [0.2, 0.25) is 0 Å². The molecule has 1 atom stereocenters. The first-order chi connectivity index (χ1) is 13.1. The van der Waals surface area contributed by atoms with Gasteiger partial charge in [-0.1, -0.05) is 6.07 Å². The Morgan fingerprint density at radius 2 is 2.07 bits per heavy atom. The Labute approximate surface area is 160 Å². The van der Waals surface area contributed by atoms with Gasteiger partial charge in [-0.25, -0.2) is 0 Å². The smallest absolute Gasteiger partial charge is 0.254 e. The normalized spacial score (nSPS) is 24.5. The van der Waals surface area contributed by atoms with Gasteiger partial charge < -0.3 is 14.4 Å². The van der Waals surface area contributed by atoms with Gasteiger partial charge >= 0.3 is 0 Å². The van der Waals surface area contributed by atoms with Crippen LogP contribution < -0.4 is 0 Å². The summed E-state index contributed by atoms with van der Waals surface area (Å²) in [7, 11) is 0. The molecule has 3 heterocycles. The van der Waals surface area contributed by atoms with Gasteiger partial charge in [-0.05, 0) is 38.1 Å². The predicted molar refractivity (Wildman–Crippen MR) is 104 cm³/mol. The van der Waals surface area contributed by atoms with Gasteiger partial charge in [0, 0.05) is 42.8 Å². The summed E-state index contributed by atoms with van der Waals surface area (Å²) in [5.41, 5.74) is 1.15. The predicted octanol–water partition coefficient (Wildman–Crippen LogP) is 2.19. The van der Waals surface area contributed by atoms with Gasteiger partial charge in [0.25, 0.3) is 5.91 Å². The molecule has 0 bridgehead atoms. The molecule has 27 heavy (non-hydrogen) atoms. The molecule has 4 rings (SSSR count). The Balaban J connectivity index is 1.55. The van der Waals surface area contributed by atoms with Crippen LogP contribution in [0.25, 0.3) is 10.9 Å². The summed E-state index contributed by atoms with van der Waals surface area (Å²) in [5, 5.41) is 0.982. The van der Waals surface area contributed by atoms with Crippen LogP contribution in [0.1, 0.15) is 24.2 Å². The standard InChI is InChI=1S/C21H27N3O3/c1-16(2)23-8-10-26-15-21(13-23)14-24(9-11-27-21)20(25)18-5-6-19-17(12-18)4-3-7-22-19/h3-7,12,16H,8-11,13-15H2,1-2H3. The highest BCUT2D eigenvalue weighted by atomic mass is 16.5. The minimum Gasteiger partial charge on any atom is -0.377 e. The fourth-order valence-corrected chi connectivity index (χ4v) is 3.97. The molecule has 1 aromatic heterocycles. The molecular weight excluding hydrogens is 342 g/mol. The fraction of sp³-hybridized carbons (Fsp3) is 0.524. The third-order valence-electron chi connectivity index (χ3n) is 5.50. The minimum atomic E-state index is -0.451. The largest absolute Gasteiger partial charge is 0.377 e. The summed E-state index contributed by atoms with van der Waals surface area (Å²) in [6.07, 6.45) is 1.77. The first-order valence-electron chi connectivity index (χ1n) is 9.66. The van der Waals surface area contributed by atoms with Crippen LogP contribution in [0.3, 0.4) is 0 Å². The van der Waals surface area contributed by atoms with Crippen LogP contribution in [0, 0.1) is 0 Å². The second-order valence-corrected chi connectivity index (χ2v) is 7.79. The Bertz CT molecular complexity index is 825. The molecule has 0 radical (unpaired) electrons. The maximum absolute atomic E-state index is 13.2. The van der Waals surface area contributed by atoms with E-state index in [4.69, 9.17) is 9.47 Å². The van der Waals surface area contributed by atoms with Crippen LogP contribution in [0.4, 0.5) is 0 Å². The van der Waals surface area contributed by atoms with E-state index in [1.807, 2.05) is 35.2 Å². The summed E-state index contributed by atoms with van der Waals surface area (Å²) in [6, 6.07) is 10.0. The SMILES string of the molecule is CC(C)N1CCOCC2(CN(C(=O)c3ccc4ncccc4c3)CCO2)C1. The number of carbonyl (C=O) groups is 1. The van der Waals surface area contributed by atoms with E-state index >= 15 is 0 Å². The van der Waals surface area contributed by atoms with Crippen LogP contribution >= 0.6 is 0 Å². The number of nitrogens with zero attached hydrogens (tertiary/aromatic N) is 3. The maximum atomic E-state index is 13.2. The van der Waals surface area contributed by atoms with E-state index in [-0.39, 0.29) is 5.91 Å². The molecule has 1 aromatic carbocycles. The highest BCUT2D eigenvalue weighted by Gasteiger charge is 2.42. The van der Waals surface area contributed by atoms with Crippen LogP contribution in [0.15, 0.2) is 36.5 Å². The first kappa shape index (κ1) is 18.3. The van der Waals surface area contributed by atoms with Gasteiger partial charge in [0.15, 0.2) is 0 Å². The van der Waals surface area contributed by atoms with Crippen molar-refractivity contribution < 1.29 is 14.3 Å². The van der Waals surface area contributed by atoms with Crippen molar-refractivity contribution in [3.05, 3.63) is 42.1 Å². The zero-order valence-electron chi connectivity index (χ0n) is 16.1. The number of aromatic nitrogens is 1. The summed E-state index contributed by atoms with van der Waals surface area (Å²) in [6.45, 7) is 8.99. The number of carbonyl (C=O) groups excluding carboxylic acids is 1. The number of benzene rings is 1. The van der Waals surface area contributed by atoms with Crippen molar-refractivity contribution in [2.75, 3.05) is 46.0 Å². The number of hydrogen-bond donors (Lipinski definition) is 0. The minimum absolute atomic E-state index is 0.0452. The molecule has 144 valence electrons. The first-order valence-corrected chi connectivity index (χ1v) is 9.66. The zero-order valence-corrected chi connectivity index (χ0v) is 16.1. The van der Waals surface area contributed by atoms with Crippen molar-refractivity contribution in [1.82, 2.24) is 14.8 Å². The molecule has 2 aliphatic rings. The van der Waals surface area contributed by atoms with Gasteiger partial charge in [0.05, 0.1) is 31.9 Å². The van der Waals surface area contributed by atoms with Crippen LogP contribution in [-0.2, 0) is 9.47 Å². The van der Waals surface area contributed by atoms with E-state index in [0.717, 1.165) is 24.0 Å². The molecule has 2 aromatic rings. The molecular formula is C21H27N3O3. The molecule has 6 nitrogen and oxygen atoms in total. The molecule has 1 spiro atoms. The number of pyridine rings is 1. The molecule has 0 aliphatic carbocycles. The average Bonchev–Trinajstić information content (AvgIpc) is 2.90. The van der Waals surface area contributed by atoms with E-state index in [9.17, 15) is 4.79 Å². The molecule has 0 N–H and O–H groups in total. The zero-order chi connectivity index (χ0) is 18.9. The third-order valence-corrected chi connectivity index (χ3v) is 5.50. The number of fused-ring (bicyclic) bond motifs is 1. The number of morpholine rings is 1. The summed E-state index contributed by atoms with van der Waals surface area (Å²) < 4.78 is 12.0. The Morgan fingerprint density at radius 1 is 1.19 bits per heavy atom. The fourth-order valence-electron chi connectivity index (χ4n) is 3.97. The monoisotopic (exact) mass is 369 g/mol. The van der Waals surface area contributed by atoms with Crippen molar-refractivity contribution in [3.8, 4) is 0 Å². The Hall–Kier alpha value is -2.02. The number of rotatable bonds is 2. The van der Waals surface area contributed by atoms with E-state index in [0.29, 0.717) is 44.5 Å².